The number of anilines is 1. The van der Waals surface area contributed by atoms with Gasteiger partial charge < -0.3 is 15.0 Å². The lowest BCUT2D eigenvalue weighted by Crippen LogP contribution is -2.47. The van der Waals surface area contributed by atoms with E-state index in [-0.39, 0.29) is 11.7 Å². The molecule has 0 aliphatic carbocycles. The molecule has 1 aliphatic heterocycles. The number of morpholine rings is 1. The van der Waals surface area contributed by atoms with Crippen LogP contribution in [0.25, 0.3) is 0 Å². The SMILES string of the molecule is CC(Nc1cc(Br)ccc1F)C(=O)N1CCOCC1. The highest BCUT2D eigenvalue weighted by atomic mass is 79.9. The smallest absolute Gasteiger partial charge is 0.244 e. The molecule has 1 aromatic carbocycles. The van der Waals surface area contributed by atoms with Crippen LogP contribution in [-0.4, -0.2) is 43.2 Å². The van der Waals surface area contributed by atoms with Crippen LogP contribution in [0.15, 0.2) is 22.7 Å². The Labute approximate surface area is 120 Å². The maximum Gasteiger partial charge on any atom is 0.244 e. The minimum Gasteiger partial charge on any atom is -0.378 e. The summed E-state index contributed by atoms with van der Waals surface area (Å²) in [6.07, 6.45) is 0. The van der Waals surface area contributed by atoms with E-state index in [2.05, 4.69) is 21.2 Å². The number of carbonyl (C=O) groups excluding carboxylic acids is 1. The molecule has 0 saturated carbocycles. The summed E-state index contributed by atoms with van der Waals surface area (Å²) in [5.74, 6) is -0.410. The molecule has 1 fully saturated rings. The van der Waals surface area contributed by atoms with E-state index in [9.17, 15) is 9.18 Å². The van der Waals surface area contributed by atoms with Crippen LogP contribution in [0.4, 0.5) is 10.1 Å². The number of ether oxygens (including phenoxy) is 1. The van der Waals surface area contributed by atoms with Gasteiger partial charge in [0.2, 0.25) is 5.91 Å². The fourth-order valence-electron chi connectivity index (χ4n) is 1.96. The molecule has 1 N–H and O–H groups in total. The van der Waals surface area contributed by atoms with Crippen molar-refractivity contribution in [1.29, 1.82) is 0 Å². The van der Waals surface area contributed by atoms with Gasteiger partial charge in [-0.3, -0.25) is 4.79 Å². The third-order valence-electron chi connectivity index (χ3n) is 2.99. The Bertz CT molecular complexity index is 464. The summed E-state index contributed by atoms with van der Waals surface area (Å²) >= 11 is 3.28. The lowest BCUT2D eigenvalue weighted by molar-refractivity contribution is -0.135. The Morgan fingerprint density at radius 2 is 2.16 bits per heavy atom. The van der Waals surface area contributed by atoms with Crippen LogP contribution in [0, 0.1) is 5.82 Å². The minimum atomic E-state index is -0.470. The molecule has 0 bridgehead atoms. The maximum atomic E-state index is 13.6. The van der Waals surface area contributed by atoms with Crippen LogP contribution in [0.5, 0.6) is 0 Å². The third-order valence-corrected chi connectivity index (χ3v) is 3.49. The number of nitrogens with zero attached hydrogens (tertiary/aromatic N) is 1. The van der Waals surface area contributed by atoms with Crippen LogP contribution in [0.2, 0.25) is 0 Å². The predicted octanol–water partition coefficient (Wildman–Crippen LogP) is 2.25. The van der Waals surface area contributed by atoms with Crippen molar-refractivity contribution < 1.29 is 13.9 Å². The Kier molecular flexibility index (Phi) is 4.76. The molecule has 6 heteroatoms. The summed E-state index contributed by atoms with van der Waals surface area (Å²) in [4.78, 5) is 13.9. The second kappa shape index (κ2) is 6.34. The first-order valence-corrected chi connectivity index (χ1v) is 6.95. The van der Waals surface area contributed by atoms with Gasteiger partial charge >= 0.3 is 0 Å². The quantitative estimate of drug-likeness (QED) is 0.924. The first kappa shape index (κ1) is 14.3. The van der Waals surface area contributed by atoms with Gasteiger partial charge in [0.05, 0.1) is 18.9 Å². The summed E-state index contributed by atoms with van der Waals surface area (Å²) in [6, 6.07) is 4.13. The van der Waals surface area contributed by atoms with Gasteiger partial charge in [-0.2, -0.15) is 0 Å². The maximum absolute atomic E-state index is 13.6. The monoisotopic (exact) mass is 330 g/mol. The van der Waals surface area contributed by atoms with Gasteiger partial charge in [0.15, 0.2) is 0 Å². The third kappa shape index (κ3) is 3.67. The van der Waals surface area contributed by atoms with E-state index in [4.69, 9.17) is 4.74 Å². The van der Waals surface area contributed by atoms with Crippen LogP contribution in [-0.2, 0) is 9.53 Å². The normalized spacial score (nSPS) is 17.1. The van der Waals surface area contributed by atoms with Gasteiger partial charge in [-0.15, -0.1) is 0 Å². The van der Waals surface area contributed by atoms with Gasteiger partial charge in [0, 0.05) is 17.6 Å². The summed E-state index contributed by atoms with van der Waals surface area (Å²) in [7, 11) is 0. The highest BCUT2D eigenvalue weighted by Gasteiger charge is 2.22. The van der Waals surface area contributed by atoms with Gasteiger partial charge in [-0.25, -0.2) is 4.39 Å². The molecule has 104 valence electrons. The zero-order valence-corrected chi connectivity index (χ0v) is 12.2. The van der Waals surface area contributed by atoms with Gasteiger partial charge in [-0.1, -0.05) is 15.9 Å². The number of nitrogens with one attached hydrogen (secondary N) is 1. The van der Waals surface area contributed by atoms with Gasteiger partial charge in [0.1, 0.15) is 11.9 Å². The van der Waals surface area contributed by atoms with Crippen molar-refractivity contribution in [1.82, 2.24) is 4.90 Å². The highest BCUT2D eigenvalue weighted by molar-refractivity contribution is 9.10. The van der Waals surface area contributed by atoms with Crippen molar-refractivity contribution in [2.45, 2.75) is 13.0 Å². The standard InChI is InChI=1S/C13H16BrFN2O2/c1-9(13(18)17-4-6-19-7-5-17)16-12-8-10(14)2-3-11(12)15/h2-3,8-9,16H,4-7H2,1H3. The molecule has 1 unspecified atom stereocenters. The van der Waals surface area contributed by atoms with Crippen LogP contribution in [0.1, 0.15) is 6.92 Å². The number of carbonyl (C=O) groups is 1. The number of halogens is 2. The molecule has 0 aromatic heterocycles. The van der Waals surface area contributed by atoms with Gasteiger partial charge in [0.25, 0.3) is 0 Å². The van der Waals surface area contributed by atoms with Crippen LogP contribution >= 0.6 is 15.9 Å². The van der Waals surface area contributed by atoms with E-state index in [1.165, 1.54) is 6.07 Å². The summed E-state index contributed by atoms with van der Waals surface area (Å²) in [5.41, 5.74) is 0.323. The van der Waals surface area contributed by atoms with E-state index in [1.807, 2.05) is 0 Å². The van der Waals surface area contributed by atoms with Crippen molar-refractivity contribution in [3.63, 3.8) is 0 Å². The molecule has 0 spiro atoms. The molecular weight excluding hydrogens is 315 g/mol. The minimum absolute atomic E-state index is 0.0392. The van der Waals surface area contributed by atoms with Crippen LogP contribution in [0.3, 0.4) is 0 Å². The molecule has 4 nitrogen and oxygen atoms in total. The number of hydrogen-bond acceptors (Lipinski definition) is 3. The molecule has 1 aromatic rings. The number of amides is 1. The molecule has 1 heterocycles. The van der Waals surface area contributed by atoms with E-state index in [0.717, 1.165) is 4.47 Å². The largest absolute Gasteiger partial charge is 0.378 e. The fourth-order valence-corrected chi connectivity index (χ4v) is 2.32. The molecule has 2 rings (SSSR count). The Hall–Kier alpha value is -1.14. The predicted molar refractivity (Wildman–Crippen MR) is 74.6 cm³/mol. The Balaban J connectivity index is 2.01. The molecule has 1 atom stereocenters. The van der Waals surface area contributed by atoms with Crippen molar-refractivity contribution in [2.24, 2.45) is 0 Å². The second-order valence-corrected chi connectivity index (χ2v) is 5.34. The molecule has 1 aliphatic rings. The summed E-state index contributed by atoms with van der Waals surface area (Å²) in [6.45, 7) is 4.03. The summed E-state index contributed by atoms with van der Waals surface area (Å²) in [5, 5.41) is 2.91. The van der Waals surface area contributed by atoms with Crippen LogP contribution < -0.4 is 5.32 Å². The molecule has 19 heavy (non-hydrogen) atoms. The van der Waals surface area contributed by atoms with E-state index in [0.29, 0.717) is 32.0 Å². The zero-order valence-electron chi connectivity index (χ0n) is 10.7. The molecule has 1 saturated heterocycles. The summed E-state index contributed by atoms with van der Waals surface area (Å²) < 4.78 is 19.6. The molecule has 0 radical (unpaired) electrons. The molecular formula is C13H16BrFN2O2. The molecule has 1 amide bonds. The zero-order chi connectivity index (χ0) is 13.8. The Morgan fingerprint density at radius 1 is 1.47 bits per heavy atom. The van der Waals surface area contributed by atoms with Crippen molar-refractivity contribution in [3.05, 3.63) is 28.5 Å². The number of rotatable bonds is 3. The number of hydrogen-bond donors (Lipinski definition) is 1. The van der Waals surface area contributed by atoms with E-state index < -0.39 is 6.04 Å². The van der Waals surface area contributed by atoms with Crippen molar-refractivity contribution >= 4 is 27.5 Å². The average molecular weight is 331 g/mol. The highest BCUT2D eigenvalue weighted by Crippen LogP contribution is 2.21. The second-order valence-electron chi connectivity index (χ2n) is 4.43. The first-order chi connectivity index (χ1) is 9.08. The Morgan fingerprint density at radius 3 is 2.84 bits per heavy atom. The topological polar surface area (TPSA) is 41.6 Å². The fraction of sp³-hybridized carbons (Fsp3) is 0.462. The van der Waals surface area contributed by atoms with Crippen molar-refractivity contribution in [3.8, 4) is 0 Å². The number of benzene rings is 1. The lowest BCUT2D eigenvalue weighted by atomic mass is 10.2. The lowest BCUT2D eigenvalue weighted by Gasteiger charge is -2.29. The van der Waals surface area contributed by atoms with E-state index in [1.54, 1.807) is 24.0 Å². The first-order valence-electron chi connectivity index (χ1n) is 6.16. The van der Waals surface area contributed by atoms with Gasteiger partial charge in [-0.05, 0) is 25.1 Å². The average Bonchev–Trinajstić information content (AvgIpc) is 2.43. The van der Waals surface area contributed by atoms with E-state index >= 15 is 0 Å². The van der Waals surface area contributed by atoms with Crippen molar-refractivity contribution in [2.75, 3.05) is 31.6 Å².